The molecule has 180 valence electrons. The van der Waals surface area contributed by atoms with Crippen LogP contribution < -0.4 is 17.0 Å². The molecular weight excluding hydrogens is 460 g/mol. The first kappa shape index (κ1) is 23.8. The van der Waals surface area contributed by atoms with Gasteiger partial charge in [-0.15, -0.1) is 0 Å². The number of rotatable bonds is 4. The van der Waals surface area contributed by atoms with Gasteiger partial charge in [-0.1, -0.05) is 17.7 Å². The van der Waals surface area contributed by atoms with E-state index in [4.69, 9.17) is 22.1 Å². The van der Waals surface area contributed by atoms with E-state index in [0.717, 1.165) is 4.57 Å². The molecule has 0 saturated carbocycles. The van der Waals surface area contributed by atoms with Crippen molar-refractivity contribution in [2.75, 3.05) is 6.54 Å². The first-order chi connectivity index (χ1) is 15.9. The zero-order valence-electron chi connectivity index (χ0n) is 19.8. The average molecular weight is 487 g/mol. The lowest BCUT2D eigenvalue weighted by atomic mass is 10.2. The van der Waals surface area contributed by atoms with Crippen molar-refractivity contribution in [1.29, 1.82) is 0 Å². The topological polar surface area (TPSA) is 119 Å². The highest BCUT2D eigenvalue weighted by Crippen LogP contribution is 2.28. The molecule has 3 heterocycles. The SMILES string of the molecule is Cn1c(CCN)nc2c1c(=O)n(Cc1cc3c(Cl)cccc3n1C(=O)OC(C)(C)C)c(=O)n2C. The van der Waals surface area contributed by atoms with Crippen LogP contribution in [0.2, 0.25) is 5.02 Å². The molecule has 4 rings (SSSR count). The molecule has 0 aliphatic heterocycles. The number of imidazole rings is 1. The molecule has 0 unspecified atom stereocenters. The third-order valence-corrected chi connectivity index (χ3v) is 5.92. The second-order valence-electron chi connectivity index (χ2n) is 9.15. The second kappa shape index (κ2) is 8.44. The summed E-state index contributed by atoms with van der Waals surface area (Å²) in [7, 11) is 3.27. The number of fused-ring (bicyclic) bond motifs is 2. The van der Waals surface area contributed by atoms with Crippen LogP contribution in [-0.2, 0) is 31.8 Å². The minimum Gasteiger partial charge on any atom is -0.443 e. The average Bonchev–Trinajstić information content (AvgIpc) is 3.28. The fourth-order valence-electron chi connectivity index (χ4n) is 4.03. The van der Waals surface area contributed by atoms with Gasteiger partial charge in [-0.25, -0.2) is 19.1 Å². The Morgan fingerprint density at radius 2 is 1.88 bits per heavy atom. The van der Waals surface area contributed by atoms with Gasteiger partial charge in [-0.2, -0.15) is 0 Å². The van der Waals surface area contributed by atoms with Crippen molar-refractivity contribution in [3.63, 3.8) is 0 Å². The lowest BCUT2D eigenvalue weighted by molar-refractivity contribution is 0.0540. The molecule has 11 heteroatoms. The van der Waals surface area contributed by atoms with Gasteiger partial charge in [-0.3, -0.25) is 13.9 Å². The molecule has 0 bridgehead atoms. The molecular formula is C23H27ClN6O4. The van der Waals surface area contributed by atoms with E-state index in [1.165, 1.54) is 9.13 Å². The summed E-state index contributed by atoms with van der Waals surface area (Å²) < 4.78 is 11.0. The van der Waals surface area contributed by atoms with Crippen LogP contribution in [0.4, 0.5) is 4.79 Å². The monoisotopic (exact) mass is 486 g/mol. The van der Waals surface area contributed by atoms with Crippen molar-refractivity contribution >= 4 is 39.8 Å². The molecule has 10 nitrogen and oxygen atoms in total. The van der Waals surface area contributed by atoms with E-state index in [2.05, 4.69) is 4.98 Å². The number of halogens is 1. The molecule has 0 atom stereocenters. The number of benzene rings is 1. The van der Waals surface area contributed by atoms with Gasteiger partial charge < -0.3 is 15.0 Å². The smallest absolute Gasteiger partial charge is 0.419 e. The maximum Gasteiger partial charge on any atom is 0.419 e. The Balaban J connectivity index is 1.95. The zero-order valence-corrected chi connectivity index (χ0v) is 20.5. The summed E-state index contributed by atoms with van der Waals surface area (Å²) in [6.07, 6.45) is -0.166. The van der Waals surface area contributed by atoms with Gasteiger partial charge in [0.2, 0.25) is 0 Å². The minimum absolute atomic E-state index is 0.164. The molecule has 3 aromatic heterocycles. The lowest BCUT2D eigenvalue weighted by Gasteiger charge is -2.21. The van der Waals surface area contributed by atoms with E-state index >= 15 is 0 Å². The number of nitrogens with zero attached hydrogens (tertiary/aromatic N) is 5. The standard InChI is InChI=1S/C23H27ClN6O4/c1-23(2,3)34-22(33)30-13(11-14-15(24)7-6-8-16(14)30)12-29-20(31)18-19(28(5)21(29)32)26-17(9-10-25)27(18)4/h6-8,11H,9-10,12,25H2,1-5H3. The highest BCUT2D eigenvalue weighted by atomic mass is 35.5. The molecule has 0 amide bonds. The van der Waals surface area contributed by atoms with Crippen LogP contribution in [0.15, 0.2) is 33.9 Å². The Kier molecular flexibility index (Phi) is 5.91. The highest BCUT2D eigenvalue weighted by Gasteiger charge is 2.25. The van der Waals surface area contributed by atoms with Crippen LogP contribution in [-0.4, -0.2) is 41.5 Å². The van der Waals surface area contributed by atoms with E-state index in [9.17, 15) is 14.4 Å². The molecule has 0 aliphatic rings. The number of nitrogens with two attached hydrogens (primary N) is 1. The van der Waals surface area contributed by atoms with Gasteiger partial charge in [0.15, 0.2) is 11.2 Å². The summed E-state index contributed by atoms with van der Waals surface area (Å²) in [6, 6.07) is 6.86. The number of carbonyl (C=O) groups is 1. The summed E-state index contributed by atoms with van der Waals surface area (Å²) in [4.78, 5) is 44.2. The van der Waals surface area contributed by atoms with Crippen molar-refractivity contribution < 1.29 is 9.53 Å². The fourth-order valence-corrected chi connectivity index (χ4v) is 4.26. The number of aromatic nitrogens is 5. The zero-order chi connectivity index (χ0) is 24.9. The molecule has 0 radical (unpaired) electrons. The van der Waals surface area contributed by atoms with Gasteiger partial charge in [-0.05, 0) is 45.5 Å². The van der Waals surface area contributed by atoms with E-state index in [1.54, 1.807) is 63.7 Å². The number of ether oxygens (including phenoxy) is 1. The Hall–Kier alpha value is -3.37. The maximum absolute atomic E-state index is 13.4. The van der Waals surface area contributed by atoms with Gasteiger partial charge in [0, 0.05) is 30.9 Å². The number of carbonyl (C=O) groups excluding carboxylic acids is 1. The van der Waals surface area contributed by atoms with Crippen LogP contribution in [0, 0.1) is 0 Å². The summed E-state index contributed by atoms with van der Waals surface area (Å²) in [6.45, 7) is 5.48. The van der Waals surface area contributed by atoms with Crippen molar-refractivity contribution in [2.24, 2.45) is 19.8 Å². The summed E-state index contributed by atoms with van der Waals surface area (Å²) >= 11 is 6.38. The molecule has 0 spiro atoms. The van der Waals surface area contributed by atoms with Gasteiger partial charge in [0.1, 0.15) is 11.4 Å². The predicted molar refractivity (Wildman–Crippen MR) is 131 cm³/mol. The van der Waals surface area contributed by atoms with Crippen LogP contribution in [0.5, 0.6) is 0 Å². The second-order valence-corrected chi connectivity index (χ2v) is 9.56. The summed E-state index contributed by atoms with van der Waals surface area (Å²) in [5, 5.41) is 1.05. The highest BCUT2D eigenvalue weighted by molar-refractivity contribution is 6.35. The molecule has 0 aliphatic carbocycles. The molecule has 4 aromatic rings. The van der Waals surface area contributed by atoms with Crippen LogP contribution >= 0.6 is 11.6 Å². The summed E-state index contributed by atoms with van der Waals surface area (Å²) in [5.41, 5.74) is 5.33. The molecule has 34 heavy (non-hydrogen) atoms. The normalized spacial score (nSPS) is 12.1. The van der Waals surface area contributed by atoms with E-state index in [1.807, 2.05) is 0 Å². The largest absolute Gasteiger partial charge is 0.443 e. The van der Waals surface area contributed by atoms with E-state index < -0.39 is 22.9 Å². The van der Waals surface area contributed by atoms with Crippen molar-refractivity contribution in [1.82, 2.24) is 23.3 Å². The Morgan fingerprint density at radius 3 is 2.53 bits per heavy atom. The van der Waals surface area contributed by atoms with Gasteiger partial charge >= 0.3 is 11.8 Å². The summed E-state index contributed by atoms with van der Waals surface area (Å²) in [5.74, 6) is 0.608. The van der Waals surface area contributed by atoms with Crippen molar-refractivity contribution in [2.45, 2.75) is 39.3 Å². The lowest BCUT2D eigenvalue weighted by Crippen LogP contribution is -2.40. The van der Waals surface area contributed by atoms with Gasteiger partial charge in [0.05, 0.1) is 17.8 Å². The van der Waals surface area contributed by atoms with Gasteiger partial charge in [0.25, 0.3) is 5.56 Å². The number of hydrogen-bond donors (Lipinski definition) is 1. The van der Waals surface area contributed by atoms with Crippen molar-refractivity contribution in [3.8, 4) is 0 Å². The molecule has 0 fully saturated rings. The Labute approximate surface area is 200 Å². The van der Waals surface area contributed by atoms with E-state index in [-0.39, 0.29) is 17.7 Å². The predicted octanol–water partition coefficient (Wildman–Crippen LogP) is 2.37. The first-order valence-corrected chi connectivity index (χ1v) is 11.2. The molecule has 2 N–H and O–H groups in total. The number of aryl methyl sites for hydroxylation is 2. The van der Waals surface area contributed by atoms with Crippen molar-refractivity contribution in [3.05, 3.63) is 61.6 Å². The first-order valence-electron chi connectivity index (χ1n) is 10.8. The minimum atomic E-state index is -0.747. The number of hydrogen-bond acceptors (Lipinski definition) is 6. The fraction of sp³-hybridized carbons (Fsp3) is 0.391. The third kappa shape index (κ3) is 3.92. The molecule has 1 aromatic carbocycles. The quantitative estimate of drug-likeness (QED) is 0.473. The van der Waals surface area contributed by atoms with Crippen LogP contribution in [0.25, 0.3) is 22.1 Å². The molecule has 0 saturated heterocycles. The van der Waals surface area contributed by atoms with Crippen LogP contribution in [0.3, 0.4) is 0 Å². The Morgan fingerprint density at radius 1 is 1.18 bits per heavy atom. The van der Waals surface area contributed by atoms with E-state index in [0.29, 0.717) is 40.4 Å². The Bertz CT molecular complexity index is 1550. The third-order valence-electron chi connectivity index (χ3n) is 5.59. The van der Waals surface area contributed by atoms with Crippen LogP contribution in [0.1, 0.15) is 32.3 Å². The maximum atomic E-state index is 13.4.